The Hall–Kier alpha value is -2.86. The van der Waals surface area contributed by atoms with Crippen molar-refractivity contribution in [3.8, 4) is 5.69 Å². The van der Waals surface area contributed by atoms with Gasteiger partial charge in [-0.2, -0.15) is 0 Å². The molecule has 3 aromatic rings. The Bertz CT molecular complexity index is 958. The van der Waals surface area contributed by atoms with Gasteiger partial charge in [-0.15, -0.1) is 0 Å². The van der Waals surface area contributed by atoms with Gasteiger partial charge in [-0.1, -0.05) is 12.1 Å². The van der Waals surface area contributed by atoms with Crippen molar-refractivity contribution in [3.05, 3.63) is 82.1 Å². The maximum Gasteiger partial charge on any atom is 0.251 e. The Balaban J connectivity index is 1.60. The second-order valence-corrected chi connectivity index (χ2v) is 7.06. The van der Waals surface area contributed by atoms with E-state index in [-0.39, 0.29) is 18.4 Å². The first-order valence-corrected chi connectivity index (χ1v) is 9.33. The van der Waals surface area contributed by atoms with E-state index in [1.807, 2.05) is 44.2 Å². The maximum atomic E-state index is 12.3. The molecule has 1 heterocycles. The molecule has 0 aliphatic heterocycles. The lowest BCUT2D eigenvalue weighted by molar-refractivity contribution is -0.115. The van der Waals surface area contributed by atoms with Crippen molar-refractivity contribution in [2.75, 3.05) is 11.9 Å². The normalized spacial score (nSPS) is 10.5. The van der Waals surface area contributed by atoms with Crippen molar-refractivity contribution in [2.45, 2.75) is 13.8 Å². The largest absolute Gasteiger partial charge is 0.343 e. The van der Waals surface area contributed by atoms with Crippen LogP contribution < -0.4 is 10.6 Å². The Morgan fingerprint density at radius 3 is 2.19 bits per heavy atom. The number of para-hydroxylation sites is 1. The SMILES string of the molecule is Cc1ccc(C)n1-c1ccc(C(=O)NCC(=O)Nc2ccccc2Br)cc1. The molecule has 0 saturated heterocycles. The molecule has 2 aromatic carbocycles. The summed E-state index contributed by atoms with van der Waals surface area (Å²) < 4.78 is 2.91. The van der Waals surface area contributed by atoms with E-state index in [4.69, 9.17) is 0 Å². The summed E-state index contributed by atoms with van der Waals surface area (Å²) in [7, 11) is 0. The number of nitrogens with one attached hydrogen (secondary N) is 2. The lowest BCUT2D eigenvalue weighted by atomic mass is 10.2. The van der Waals surface area contributed by atoms with Crippen LogP contribution in [0.4, 0.5) is 5.69 Å². The van der Waals surface area contributed by atoms with E-state index in [2.05, 4.69) is 43.3 Å². The second-order valence-electron chi connectivity index (χ2n) is 6.21. The van der Waals surface area contributed by atoms with Crippen LogP contribution in [0.2, 0.25) is 0 Å². The zero-order valence-electron chi connectivity index (χ0n) is 15.1. The lowest BCUT2D eigenvalue weighted by Crippen LogP contribution is -2.32. The topological polar surface area (TPSA) is 63.1 Å². The van der Waals surface area contributed by atoms with E-state index in [0.717, 1.165) is 21.5 Å². The Labute approximate surface area is 166 Å². The number of aromatic nitrogens is 1. The lowest BCUT2D eigenvalue weighted by Gasteiger charge is -2.11. The standard InChI is InChI=1S/C21H20BrN3O2/c1-14-7-8-15(2)25(14)17-11-9-16(10-12-17)21(27)23-13-20(26)24-19-6-4-3-5-18(19)22/h3-12H,13H2,1-2H3,(H,23,27)(H,24,26). The third-order valence-corrected chi connectivity index (χ3v) is 4.91. The van der Waals surface area contributed by atoms with Crippen LogP contribution in [0.15, 0.2) is 65.1 Å². The van der Waals surface area contributed by atoms with Gasteiger partial charge < -0.3 is 15.2 Å². The zero-order chi connectivity index (χ0) is 19.4. The van der Waals surface area contributed by atoms with Crippen molar-refractivity contribution in [2.24, 2.45) is 0 Å². The Kier molecular flexibility index (Phi) is 5.76. The average Bonchev–Trinajstić information content (AvgIpc) is 3.00. The highest BCUT2D eigenvalue weighted by Gasteiger charge is 2.10. The van der Waals surface area contributed by atoms with Gasteiger partial charge in [-0.05, 0) is 78.3 Å². The van der Waals surface area contributed by atoms with E-state index in [1.54, 1.807) is 18.2 Å². The van der Waals surface area contributed by atoms with E-state index < -0.39 is 0 Å². The third kappa shape index (κ3) is 4.46. The van der Waals surface area contributed by atoms with Gasteiger partial charge in [0.05, 0.1) is 12.2 Å². The minimum absolute atomic E-state index is 0.0995. The number of carbonyl (C=O) groups excluding carboxylic acids is 2. The van der Waals surface area contributed by atoms with Crippen LogP contribution in [0.5, 0.6) is 0 Å². The monoisotopic (exact) mass is 425 g/mol. The van der Waals surface area contributed by atoms with Crippen molar-refractivity contribution >= 4 is 33.4 Å². The van der Waals surface area contributed by atoms with Crippen LogP contribution in [-0.4, -0.2) is 22.9 Å². The van der Waals surface area contributed by atoms with E-state index in [1.165, 1.54) is 0 Å². The Morgan fingerprint density at radius 1 is 0.926 bits per heavy atom. The number of amides is 2. The molecule has 0 unspecified atom stereocenters. The fraction of sp³-hybridized carbons (Fsp3) is 0.143. The van der Waals surface area contributed by atoms with E-state index in [0.29, 0.717) is 11.3 Å². The molecule has 3 rings (SSSR count). The van der Waals surface area contributed by atoms with Crippen LogP contribution in [0.3, 0.4) is 0 Å². The van der Waals surface area contributed by atoms with Crippen LogP contribution >= 0.6 is 15.9 Å². The van der Waals surface area contributed by atoms with E-state index in [9.17, 15) is 9.59 Å². The predicted octanol–water partition coefficient (Wildman–Crippen LogP) is 4.23. The van der Waals surface area contributed by atoms with Crippen LogP contribution in [0.25, 0.3) is 5.69 Å². The minimum Gasteiger partial charge on any atom is -0.343 e. The number of carbonyl (C=O) groups is 2. The number of halogens is 1. The highest BCUT2D eigenvalue weighted by Crippen LogP contribution is 2.21. The highest BCUT2D eigenvalue weighted by molar-refractivity contribution is 9.10. The number of hydrogen-bond acceptors (Lipinski definition) is 2. The summed E-state index contributed by atoms with van der Waals surface area (Å²) in [5, 5.41) is 5.40. The van der Waals surface area contributed by atoms with Crippen molar-refractivity contribution in [3.63, 3.8) is 0 Å². The number of hydrogen-bond donors (Lipinski definition) is 2. The molecule has 0 radical (unpaired) electrons. The summed E-state index contributed by atoms with van der Waals surface area (Å²) in [6.45, 7) is 3.98. The number of benzene rings is 2. The number of aryl methyl sites for hydroxylation is 2. The first-order valence-electron chi connectivity index (χ1n) is 8.53. The molecule has 0 aliphatic carbocycles. The number of rotatable bonds is 5. The quantitative estimate of drug-likeness (QED) is 0.642. The molecule has 5 nitrogen and oxygen atoms in total. The molecule has 0 spiro atoms. The van der Waals surface area contributed by atoms with Crippen LogP contribution in [0.1, 0.15) is 21.7 Å². The summed E-state index contributed by atoms with van der Waals surface area (Å²) in [6.07, 6.45) is 0. The fourth-order valence-corrected chi connectivity index (χ4v) is 3.24. The minimum atomic E-state index is -0.287. The molecule has 0 aliphatic rings. The molecule has 0 atom stereocenters. The molecule has 6 heteroatoms. The summed E-state index contributed by atoms with van der Waals surface area (Å²) in [5.74, 6) is -0.574. The summed E-state index contributed by atoms with van der Waals surface area (Å²) >= 11 is 3.37. The van der Waals surface area contributed by atoms with Gasteiger partial charge in [-0.3, -0.25) is 9.59 Å². The second kappa shape index (κ2) is 8.22. The highest BCUT2D eigenvalue weighted by atomic mass is 79.9. The summed E-state index contributed by atoms with van der Waals surface area (Å²) in [6, 6.07) is 18.7. The van der Waals surface area contributed by atoms with Gasteiger partial charge in [0, 0.05) is 27.1 Å². The number of anilines is 1. The van der Waals surface area contributed by atoms with Gasteiger partial charge in [0.1, 0.15) is 0 Å². The van der Waals surface area contributed by atoms with Crippen molar-refractivity contribution in [1.82, 2.24) is 9.88 Å². The van der Waals surface area contributed by atoms with Crippen LogP contribution in [0, 0.1) is 13.8 Å². The molecule has 1 aromatic heterocycles. The first-order chi connectivity index (χ1) is 13.0. The first kappa shape index (κ1) is 18.9. The van der Waals surface area contributed by atoms with Gasteiger partial charge in [0.25, 0.3) is 5.91 Å². The molecule has 2 N–H and O–H groups in total. The summed E-state index contributed by atoms with van der Waals surface area (Å²) in [5.41, 5.74) is 4.44. The van der Waals surface area contributed by atoms with E-state index >= 15 is 0 Å². The molecule has 0 bridgehead atoms. The molecule has 138 valence electrons. The van der Waals surface area contributed by atoms with Gasteiger partial charge in [0.15, 0.2) is 0 Å². The zero-order valence-corrected chi connectivity index (χ0v) is 16.7. The molecule has 27 heavy (non-hydrogen) atoms. The molecule has 0 fully saturated rings. The van der Waals surface area contributed by atoms with Gasteiger partial charge in [-0.25, -0.2) is 0 Å². The maximum absolute atomic E-state index is 12.3. The fourth-order valence-electron chi connectivity index (χ4n) is 2.86. The van der Waals surface area contributed by atoms with Crippen LogP contribution in [-0.2, 0) is 4.79 Å². The van der Waals surface area contributed by atoms with Crippen molar-refractivity contribution in [1.29, 1.82) is 0 Å². The Morgan fingerprint density at radius 2 is 1.56 bits per heavy atom. The summed E-state index contributed by atoms with van der Waals surface area (Å²) in [4.78, 5) is 24.3. The third-order valence-electron chi connectivity index (χ3n) is 4.22. The molecule has 0 saturated carbocycles. The predicted molar refractivity (Wildman–Crippen MR) is 110 cm³/mol. The number of nitrogens with zero attached hydrogens (tertiary/aromatic N) is 1. The average molecular weight is 426 g/mol. The van der Waals surface area contributed by atoms with Crippen molar-refractivity contribution < 1.29 is 9.59 Å². The molecule has 2 amide bonds. The van der Waals surface area contributed by atoms with Gasteiger partial charge in [0.2, 0.25) is 5.91 Å². The molecular formula is C21H20BrN3O2. The smallest absolute Gasteiger partial charge is 0.251 e. The van der Waals surface area contributed by atoms with Gasteiger partial charge >= 0.3 is 0 Å². The molecular weight excluding hydrogens is 406 g/mol.